The van der Waals surface area contributed by atoms with Crippen LogP contribution in [0, 0.1) is 0 Å². The summed E-state index contributed by atoms with van der Waals surface area (Å²) in [4.78, 5) is 1.56. The van der Waals surface area contributed by atoms with Gasteiger partial charge in [0.25, 0.3) is 0 Å². The van der Waals surface area contributed by atoms with E-state index in [0.717, 1.165) is 12.1 Å². The molecule has 0 aromatic heterocycles. The van der Waals surface area contributed by atoms with Gasteiger partial charge in [0.15, 0.2) is 0 Å². The molecule has 2 N–H and O–H groups in total. The topological polar surface area (TPSA) is 24.7 Å². The zero-order valence-corrected chi connectivity index (χ0v) is 10.9. The number of hydrogen-bond acceptors (Lipinski definition) is 1. The van der Waals surface area contributed by atoms with Crippen LogP contribution in [0.25, 0.3) is 0 Å². The third kappa shape index (κ3) is 3.08. The molecule has 1 aliphatic rings. The maximum Gasteiger partial charge on any atom is 0.128 e. The summed E-state index contributed by atoms with van der Waals surface area (Å²) in [5.74, 6) is 0. The van der Waals surface area contributed by atoms with E-state index in [9.17, 15) is 5.11 Å². The maximum absolute atomic E-state index is 10.3. The van der Waals surface area contributed by atoms with Crippen molar-refractivity contribution in [3.63, 3.8) is 0 Å². The van der Waals surface area contributed by atoms with Gasteiger partial charge in [-0.2, -0.15) is 0 Å². The first-order valence-electron chi connectivity index (χ1n) is 6.77. The predicted molar refractivity (Wildman–Crippen MR) is 70.0 cm³/mol. The molecule has 0 spiro atoms. The summed E-state index contributed by atoms with van der Waals surface area (Å²) in [6, 6.07) is 11.4. The predicted octanol–water partition coefficient (Wildman–Crippen LogP) is 1.57. The molecule has 1 aromatic rings. The number of hydrogen-bond donors (Lipinski definition) is 2. The molecule has 1 heterocycles. The number of quaternary nitrogens is 1. The molecule has 17 heavy (non-hydrogen) atoms. The molecular weight excluding hydrogens is 210 g/mol. The molecule has 0 bridgehead atoms. The first-order chi connectivity index (χ1) is 8.18. The highest BCUT2D eigenvalue weighted by atomic mass is 16.3. The highest BCUT2D eigenvalue weighted by Crippen LogP contribution is 2.12. The summed E-state index contributed by atoms with van der Waals surface area (Å²) in [6.45, 7) is 5.46. The molecule has 1 unspecified atom stereocenters. The van der Waals surface area contributed by atoms with E-state index < -0.39 is 0 Å². The fraction of sp³-hybridized carbons (Fsp3) is 0.600. The summed E-state index contributed by atoms with van der Waals surface area (Å²) in [7, 11) is 0. The molecule has 0 aliphatic carbocycles. The number of likely N-dealkylation sites (tertiary alicyclic amines) is 1. The third-order valence-corrected chi connectivity index (χ3v) is 4.15. The Hall–Kier alpha value is -0.860. The Morgan fingerprint density at radius 1 is 1.18 bits per heavy atom. The van der Waals surface area contributed by atoms with E-state index in [1.54, 1.807) is 4.90 Å². The zero-order valence-electron chi connectivity index (χ0n) is 10.9. The van der Waals surface area contributed by atoms with Crippen molar-refractivity contribution < 1.29 is 10.0 Å². The van der Waals surface area contributed by atoms with Gasteiger partial charge in [0, 0.05) is 0 Å². The van der Waals surface area contributed by atoms with E-state index in [1.807, 2.05) is 30.3 Å². The van der Waals surface area contributed by atoms with Crippen molar-refractivity contribution in [3.8, 4) is 0 Å². The van der Waals surface area contributed by atoms with E-state index in [1.165, 1.54) is 19.3 Å². The molecule has 2 nitrogen and oxygen atoms in total. The van der Waals surface area contributed by atoms with Crippen LogP contribution >= 0.6 is 0 Å². The quantitative estimate of drug-likeness (QED) is 0.815. The van der Waals surface area contributed by atoms with Crippen molar-refractivity contribution in [1.29, 1.82) is 0 Å². The van der Waals surface area contributed by atoms with Crippen molar-refractivity contribution in [2.45, 2.75) is 51.3 Å². The zero-order chi connectivity index (χ0) is 12.3. The van der Waals surface area contributed by atoms with Crippen LogP contribution in [0.5, 0.6) is 0 Å². The minimum atomic E-state index is -0.325. The minimum absolute atomic E-state index is 0.325. The Morgan fingerprint density at radius 3 is 2.35 bits per heavy atom. The Labute approximate surface area is 104 Å². The van der Waals surface area contributed by atoms with Crippen LogP contribution in [0.1, 0.15) is 44.8 Å². The van der Waals surface area contributed by atoms with Crippen LogP contribution in [0.15, 0.2) is 30.3 Å². The van der Waals surface area contributed by atoms with E-state index >= 15 is 0 Å². The van der Waals surface area contributed by atoms with E-state index in [-0.39, 0.29) is 6.10 Å². The van der Waals surface area contributed by atoms with Gasteiger partial charge in [0.05, 0.1) is 12.1 Å². The average molecular weight is 234 g/mol. The number of benzene rings is 1. The molecular formula is C15H24NO+. The maximum atomic E-state index is 10.3. The van der Waals surface area contributed by atoms with Crippen LogP contribution in [-0.2, 0) is 0 Å². The van der Waals surface area contributed by atoms with Gasteiger partial charge >= 0.3 is 0 Å². The summed E-state index contributed by atoms with van der Waals surface area (Å²) >= 11 is 0. The van der Waals surface area contributed by atoms with E-state index in [0.29, 0.717) is 12.1 Å². The number of aliphatic hydroxyl groups is 1. The average Bonchev–Trinajstić information content (AvgIpc) is 2.35. The van der Waals surface area contributed by atoms with Crippen molar-refractivity contribution in [2.24, 2.45) is 0 Å². The molecule has 2 rings (SSSR count). The van der Waals surface area contributed by atoms with Crippen LogP contribution in [0.3, 0.4) is 0 Å². The Kier molecular flexibility index (Phi) is 4.19. The second-order valence-electron chi connectivity index (χ2n) is 5.44. The molecule has 1 aliphatic heterocycles. The lowest BCUT2D eigenvalue weighted by Crippen LogP contribution is -3.19. The summed E-state index contributed by atoms with van der Waals surface area (Å²) in [5.41, 5.74) is 1.05. The molecule has 1 fully saturated rings. The number of aliphatic hydroxyl groups excluding tert-OH is 1. The molecule has 4 atom stereocenters. The lowest BCUT2D eigenvalue weighted by Gasteiger charge is -2.37. The van der Waals surface area contributed by atoms with Gasteiger partial charge in [-0.05, 0) is 38.7 Å². The number of piperidine rings is 1. The normalized spacial score (nSPS) is 31.1. The van der Waals surface area contributed by atoms with Gasteiger partial charge in [-0.25, -0.2) is 0 Å². The summed E-state index contributed by atoms with van der Waals surface area (Å²) in [5, 5.41) is 10.3. The van der Waals surface area contributed by atoms with E-state index in [2.05, 4.69) is 13.8 Å². The van der Waals surface area contributed by atoms with Crippen LogP contribution < -0.4 is 4.90 Å². The molecule has 2 heteroatoms. The van der Waals surface area contributed by atoms with Crippen LogP contribution in [0.2, 0.25) is 0 Å². The Morgan fingerprint density at radius 2 is 1.76 bits per heavy atom. The van der Waals surface area contributed by atoms with Gasteiger partial charge < -0.3 is 10.0 Å². The molecule has 0 radical (unpaired) electrons. The lowest BCUT2D eigenvalue weighted by molar-refractivity contribution is -0.954. The largest absolute Gasteiger partial charge is 0.382 e. The second-order valence-corrected chi connectivity index (χ2v) is 5.44. The van der Waals surface area contributed by atoms with Crippen molar-refractivity contribution in [1.82, 2.24) is 0 Å². The first kappa shape index (κ1) is 12.6. The summed E-state index contributed by atoms with van der Waals surface area (Å²) < 4.78 is 0. The Balaban J connectivity index is 2.00. The minimum Gasteiger partial charge on any atom is -0.382 e. The summed E-state index contributed by atoms with van der Waals surface area (Å²) in [6.07, 6.45) is 3.60. The molecule has 94 valence electrons. The van der Waals surface area contributed by atoms with Crippen molar-refractivity contribution >= 4 is 0 Å². The highest BCUT2D eigenvalue weighted by molar-refractivity contribution is 5.17. The second kappa shape index (κ2) is 5.65. The monoisotopic (exact) mass is 234 g/mol. The van der Waals surface area contributed by atoms with Gasteiger partial charge in [0.2, 0.25) is 0 Å². The first-order valence-corrected chi connectivity index (χ1v) is 6.77. The van der Waals surface area contributed by atoms with Crippen LogP contribution in [-0.4, -0.2) is 23.7 Å². The van der Waals surface area contributed by atoms with Gasteiger partial charge in [0.1, 0.15) is 12.6 Å². The fourth-order valence-electron chi connectivity index (χ4n) is 3.01. The molecule has 0 amide bonds. The number of rotatable bonds is 3. The van der Waals surface area contributed by atoms with Crippen molar-refractivity contribution in [3.05, 3.63) is 35.9 Å². The fourth-order valence-corrected chi connectivity index (χ4v) is 3.01. The molecule has 1 saturated heterocycles. The standard InChI is InChI=1S/C15H23NO/c1-12-7-6-8-13(2)16(12)11-15(17)14-9-4-3-5-10-14/h3-5,9-10,12-13,15,17H,6-8,11H2,1-2H3/p+1/t12-,13+,15-/m0/s1. The van der Waals surface area contributed by atoms with E-state index in [4.69, 9.17) is 0 Å². The number of nitrogens with one attached hydrogen (secondary N) is 1. The third-order valence-electron chi connectivity index (χ3n) is 4.15. The SMILES string of the molecule is C[C@@H]1CCC[C@H](C)[NH+]1C[C@H](O)c1ccccc1. The molecule has 1 aromatic carbocycles. The highest BCUT2D eigenvalue weighted by Gasteiger charge is 2.30. The smallest absolute Gasteiger partial charge is 0.128 e. The van der Waals surface area contributed by atoms with Gasteiger partial charge in [-0.1, -0.05) is 30.3 Å². The van der Waals surface area contributed by atoms with Crippen molar-refractivity contribution in [2.75, 3.05) is 6.54 Å². The van der Waals surface area contributed by atoms with Gasteiger partial charge in [-0.15, -0.1) is 0 Å². The molecule has 0 saturated carbocycles. The van der Waals surface area contributed by atoms with Gasteiger partial charge in [-0.3, -0.25) is 0 Å². The lowest BCUT2D eigenvalue weighted by atomic mass is 9.96. The Bertz CT molecular complexity index is 328. The van der Waals surface area contributed by atoms with Crippen LogP contribution in [0.4, 0.5) is 0 Å².